The van der Waals surface area contributed by atoms with Gasteiger partial charge in [0.1, 0.15) is 0 Å². The average molecular weight is 398 g/mol. The Hall–Kier alpha value is 0.1000. The Labute approximate surface area is 157 Å². The van der Waals surface area contributed by atoms with Crippen molar-refractivity contribution >= 4 is 18.2 Å². The monoisotopic (exact) mass is 397 g/mol. The molecule has 7 heteroatoms. The number of rotatable bonds is 18. The molecule has 0 atom stereocenters. The van der Waals surface area contributed by atoms with Gasteiger partial charge in [-0.2, -0.15) is 0 Å². The summed E-state index contributed by atoms with van der Waals surface area (Å²) in [5, 5.41) is 0. The van der Waals surface area contributed by atoms with Crippen molar-refractivity contribution in [3.8, 4) is 0 Å². The molecule has 0 fully saturated rings. The lowest BCUT2D eigenvalue weighted by Crippen LogP contribution is -2.01. The van der Waals surface area contributed by atoms with Gasteiger partial charge in [0.05, 0.1) is 5.75 Å². The first-order valence-electron chi connectivity index (χ1n) is 9.96. The summed E-state index contributed by atoms with van der Waals surface area (Å²) in [6, 6.07) is 0. The Balaban J connectivity index is 3.43. The van der Waals surface area contributed by atoms with Crippen LogP contribution < -0.4 is 0 Å². The number of unbranched alkanes of at least 4 members (excludes halogenated alkanes) is 13. The zero-order valence-electron chi connectivity index (χ0n) is 16.6. The van der Waals surface area contributed by atoms with Gasteiger partial charge < -0.3 is 9.05 Å². The van der Waals surface area contributed by atoms with Crippen LogP contribution in [-0.4, -0.2) is 28.4 Å². The van der Waals surface area contributed by atoms with Crippen LogP contribution in [0.4, 0.5) is 0 Å². The molecule has 0 rings (SSSR count). The molecule has 0 saturated heterocycles. The summed E-state index contributed by atoms with van der Waals surface area (Å²) in [5.74, 6) is 0.103. The standard InChI is InChI=1S/C18H40NO4PS/c1-4-5-6-7-8-9-10-11-12-13-14-15-16-17-18-25(20,21)19-24(22-2)23-3/h24H,4-18H2,1-3H3. The molecule has 0 heterocycles. The van der Waals surface area contributed by atoms with E-state index in [2.05, 4.69) is 11.1 Å². The van der Waals surface area contributed by atoms with E-state index in [1.165, 1.54) is 84.8 Å². The normalized spacial score (nSPS) is 12.0. The number of hydrogen-bond acceptors (Lipinski definition) is 4. The third-order valence-corrected chi connectivity index (χ3v) is 7.53. The third-order valence-electron chi connectivity index (χ3n) is 4.32. The number of hydrogen-bond donors (Lipinski definition) is 0. The van der Waals surface area contributed by atoms with Crippen molar-refractivity contribution in [3.63, 3.8) is 0 Å². The van der Waals surface area contributed by atoms with Gasteiger partial charge in [-0.1, -0.05) is 90.4 Å². The third kappa shape index (κ3) is 17.3. The maximum atomic E-state index is 11.8. The van der Waals surface area contributed by atoms with Crippen LogP contribution in [0.15, 0.2) is 4.15 Å². The lowest BCUT2D eigenvalue weighted by molar-refractivity contribution is 0.352. The molecule has 0 radical (unpaired) electrons. The van der Waals surface area contributed by atoms with Gasteiger partial charge in [0.15, 0.2) is 0 Å². The van der Waals surface area contributed by atoms with Crippen molar-refractivity contribution < 1.29 is 17.5 Å². The van der Waals surface area contributed by atoms with Crippen LogP contribution in [-0.2, 0) is 19.1 Å². The molecular formula is C18H40NO4PS. The van der Waals surface area contributed by atoms with Crippen LogP contribution in [0.5, 0.6) is 0 Å². The topological polar surface area (TPSA) is 65.0 Å². The summed E-state index contributed by atoms with van der Waals surface area (Å²) in [5.41, 5.74) is 0. The fourth-order valence-electron chi connectivity index (χ4n) is 2.80. The summed E-state index contributed by atoms with van der Waals surface area (Å²) in [7, 11) is -2.57. The lowest BCUT2D eigenvalue weighted by Gasteiger charge is -2.04. The largest absolute Gasteiger partial charge is 0.329 e. The van der Waals surface area contributed by atoms with E-state index in [1.54, 1.807) is 0 Å². The van der Waals surface area contributed by atoms with E-state index in [0.717, 1.165) is 12.8 Å². The van der Waals surface area contributed by atoms with Gasteiger partial charge in [0.2, 0.25) is 8.17 Å². The van der Waals surface area contributed by atoms with Crippen molar-refractivity contribution in [2.75, 3.05) is 20.0 Å². The highest BCUT2D eigenvalue weighted by Gasteiger charge is 2.09. The fraction of sp³-hybridized carbons (Fsp3) is 1.00. The Morgan fingerprint density at radius 2 is 1.04 bits per heavy atom. The predicted molar refractivity (Wildman–Crippen MR) is 109 cm³/mol. The summed E-state index contributed by atoms with van der Waals surface area (Å²) in [6.45, 7) is 2.26. The van der Waals surface area contributed by atoms with E-state index in [-0.39, 0.29) is 5.75 Å². The first-order valence-corrected chi connectivity index (χ1v) is 12.8. The SMILES string of the molecule is CCCCCCCCCCCCCCCCS(=O)(=O)N=[PH](OC)OC. The molecule has 5 nitrogen and oxygen atoms in total. The average Bonchev–Trinajstić information content (AvgIpc) is 2.60. The second-order valence-corrected chi connectivity index (χ2v) is 10.3. The van der Waals surface area contributed by atoms with Gasteiger partial charge >= 0.3 is 0 Å². The van der Waals surface area contributed by atoms with E-state index >= 15 is 0 Å². The molecule has 0 aliphatic rings. The lowest BCUT2D eigenvalue weighted by atomic mass is 10.0. The van der Waals surface area contributed by atoms with E-state index in [1.807, 2.05) is 0 Å². The first-order chi connectivity index (χ1) is 12.1. The molecule has 0 aliphatic carbocycles. The van der Waals surface area contributed by atoms with Gasteiger partial charge in [-0.15, -0.1) is 4.15 Å². The molecule has 0 aromatic rings. The minimum Gasteiger partial charge on any atom is -0.329 e. The zero-order valence-corrected chi connectivity index (χ0v) is 18.4. The van der Waals surface area contributed by atoms with Gasteiger partial charge in [-0.05, 0) is 6.42 Å². The van der Waals surface area contributed by atoms with Crippen molar-refractivity contribution in [2.45, 2.75) is 96.8 Å². The van der Waals surface area contributed by atoms with Crippen LogP contribution in [0.25, 0.3) is 0 Å². The minimum atomic E-state index is -3.40. The molecular weight excluding hydrogens is 357 g/mol. The molecule has 0 bridgehead atoms. The molecule has 25 heavy (non-hydrogen) atoms. The van der Waals surface area contributed by atoms with E-state index < -0.39 is 18.2 Å². The van der Waals surface area contributed by atoms with Crippen molar-refractivity contribution in [1.29, 1.82) is 0 Å². The van der Waals surface area contributed by atoms with E-state index in [4.69, 9.17) is 9.05 Å². The summed E-state index contributed by atoms with van der Waals surface area (Å²) < 4.78 is 37.0. The van der Waals surface area contributed by atoms with Gasteiger partial charge in [0.25, 0.3) is 10.0 Å². The molecule has 0 spiro atoms. The maximum absolute atomic E-state index is 11.8. The number of sulfonamides is 1. The van der Waals surface area contributed by atoms with Crippen LogP contribution in [0.2, 0.25) is 0 Å². The van der Waals surface area contributed by atoms with Gasteiger partial charge in [0, 0.05) is 14.2 Å². The second kappa shape index (κ2) is 17.5. The van der Waals surface area contributed by atoms with Crippen LogP contribution in [0.1, 0.15) is 96.8 Å². The van der Waals surface area contributed by atoms with Crippen molar-refractivity contribution in [1.82, 2.24) is 0 Å². The molecule has 0 aromatic heterocycles. The van der Waals surface area contributed by atoms with Crippen LogP contribution in [0.3, 0.4) is 0 Å². The molecule has 0 aliphatic heterocycles. The smallest absolute Gasteiger partial charge is 0.255 e. The Kier molecular flexibility index (Phi) is 17.6. The summed E-state index contributed by atoms with van der Waals surface area (Å²) in [4.78, 5) is 0. The quantitative estimate of drug-likeness (QED) is 0.200. The molecule has 0 amide bonds. The molecule has 0 aromatic carbocycles. The molecule has 0 saturated carbocycles. The second-order valence-electron chi connectivity index (χ2n) is 6.65. The maximum Gasteiger partial charge on any atom is 0.255 e. The highest BCUT2D eigenvalue weighted by atomic mass is 32.2. The van der Waals surface area contributed by atoms with Crippen molar-refractivity contribution in [2.24, 2.45) is 4.15 Å². The summed E-state index contributed by atoms with van der Waals surface area (Å²) >= 11 is 0. The zero-order chi connectivity index (χ0) is 18.8. The Morgan fingerprint density at radius 3 is 1.40 bits per heavy atom. The summed E-state index contributed by atoms with van der Waals surface area (Å²) in [6.07, 6.45) is 17.5. The molecule has 0 unspecified atom stereocenters. The van der Waals surface area contributed by atoms with Gasteiger partial charge in [-0.3, -0.25) is 0 Å². The number of nitrogens with zero attached hydrogens (tertiary/aromatic N) is 1. The predicted octanol–water partition coefficient (Wildman–Crippen LogP) is 6.32. The highest BCUT2D eigenvalue weighted by Crippen LogP contribution is 2.28. The molecule has 152 valence electrons. The Morgan fingerprint density at radius 1 is 0.680 bits per heavy atom. The first kappa shape index (κ1) is 25.1. The minimum absolute atomic E-state index is 0.103. The fourth-order valence-corrected chi connectivity index (χ4v) is 5.40. The van der Waals surface area contributed by atoms with Crippen LogP contribution >= 0.6 is 8.17 Å². The van der Waals surface area contributed by atoms with E-state index in [0.29, 0.717) is 6.42 Å². The van der Waals surface area contributed by atoms with Crippen molar-refractivity contribution in [3.05, 3.63) is 0 Å². The molecule has 0 N–H and O–H groups in total. The Bertz CT molecular complexity index is 421. The van der Waals surface area contributed by atoms with Gasteiger partial charge in [-0.25, -0.2) is 8.42 Å². The highest BCUT2D eigenvalue weighted by molar-refractivity contribution is 7.92. The van der Waals surface area contributed by atoms with Crippen LogP contribution in [0, 0.1) is 0 Å². The van der Waals surface area contributed by atoms with E-state index in [9.17, 15) is 8.42 Å².